The molecule has 1 aromatic heterocycles. The molecule has 0 N–H and O–H groups in total. The van der Waals surface area contributed by atoms with Crippen LogP contribution in [0.4, 0.5) is 8.78 Å². The Kier molecular flexibility index (Phi) is 4.27. The van der Waals surface area contributed by atoms with E-state index in [1.807, 2.05) is 13.8 Å². The van der Waals surface area contributed by atoms with Crippen LogP contribution in [0.2, 0.25) is 0 Å². The maximum absolute atomic E-state index is 14.2. The summed E-state index contributed by atoms with van der Waals surface area (Å²) >= 11 is 2.15. The molecule has 0 saturated heterocycles. The van der Waals surface area contributed by atoms with E-state index >= 15 is 0 Å². The molecular formula is C15H14F2INO. The molecule has 5 heteroatoms. The van der Waals surface area contributed by atoms with E-state index in [9.17, 15) is 8.78 Å². The van der Waals surface area contributed by atoms with Crippen LogP contribution >= 0.6 is 22.6 Å². The van der Waals surface area contributed by atoms with Crippen molar-refractivity contribution in [1.29, 1.82) is 0 Å². The normalized spacial score (nSPS) is 11.5. The van der Waals surface area contributed by atoms with E-state index in [1.165, 1.54) is 13.2 Å². The molecule has 0 fully saturated rings. The Hall–Kier alpha value is -1.24. The molecule has 0 amide bonds. The van der Waals surface area contributed by atoms with Crippen LogP contribution in [0.3, 0.4) is 0 Å². The molecule has 1 heterocycles. The van der Waals surface area contributed by atoms with Crippen molar-refractivity contribution in [2.24, 2.45) is 0 Å². The van der Waals surface area contributed by atoms with Gasteiger partial charge in [0, 0.05) is 27.3 Å². The molecule has 0 aliphatic carbocycles. The smallest absolute Gasteiger partial charge is 0.135 e. The van der Waals surface area contributed by atoms with Gasteiger partial charge >= 0.3 is 0 Å². The quantitative estimate of drug-likeness (QED) is 0.561. The molecule has 0 radical (unpaired) electrons. The van der Waals surface area contributed by atoms with Crippen molar-refractivity contribution in [2.45, 2.75) is 17.3 Å². The van der Waals surface area contributed by atoms with Crippen molar-refractivity contribution in [2.75, 3.05) is 7.11 Å². The molecule has 2 aromatic rings. The predicted octanol–water partition coefficient (Wildman–Crippen LogP) is 4.71. The summed E-state index contributed by atoms with van der Waals surface area (Å²) in [7, 11) is 1.53. The number of nitrogens with zero attached hydrogens (tertiary/aromatic N) is 1. The molecule has 20 heavy (non-hydrogen) atoms. The van der Waals surface area contributed by atoms with Gasteiger partial charge in [0.1, 0.15) is 17.4 Å². The van der Waals surface area contributed by atoms with Crippen molar-refractivity contribution in [1.82, 2.24) is 4.98 Å². The number of aromatic nitrogens is 1. The molecule has 0 saturated carbocycles. The summed E-state index contributed by atoms with van der Waals surface area (Å²) in [5.74, 6) is -0.629. The fraction of sp³-hybridized carbons (Fsp3) is 0.267. The number of rotatable bonds is 3. The lowest BCUT2D eigenvalue weighted by Gasteiger charge is -2.21. The zero-order chi connectivity index (χ0) is 14.9. The first-order valence-electron chi connectivity index (χ1n) is 6.02. The number of benzene rings is 1. The predicted molar refractivity (Wildman–Crippen MR) is 83.2 cm³/mol. The van der Waals surface area contributed by atoms with Gasteiger partial charge in [-0.15, -0.1) is 0 Å². The summed E-state index contributed by atoms with van der Waals surface area (Å²) in [6.45, 7) is 3.79. The van der Waals surface area contributed by atoms with Gasteiger partial charge in [0.05, 0.1) is 12.8 Å². The highest BCUT2D eigenvalue weighted by Crippen LogP contribution is 2.39. The van der Waals surface area contributed by atoms with E-state index in [0.717, 1.165) is 6.07 Å². The van der Waals surface area contributed by atoms with E-state index in [2.05, 4.69) is 27.6 Å². The number of alkyl halides is 1. The third-order valence-corrected chi connectivity index (χ3v) is 3.50. The largest absolute Gasteiger partial charge is 0.497 e. The highest BCUT2D eigenvalue weighted by atomic mass is 127. The highest BCUT2D eigenvalue weighted by Gasteiger charge is 2.25. The van der Waals surface area contributed by atoms with Gasteiger partial charge in [-0.2, -0.15) is 0 Å². The summed E-state index contributed by atoms with van der Waals surface area (Å²) in [6, 6.07) is 5.55. The average molecular weight is 389 g/mol. The number of hydrogen-bond donors (Lipinski definition) is 0. The Morgan fingerprint density at radius 2 is 1.90 bits per heavy atom. The van der Waals surface area contributed by atoms with Crippen LogP contribution in [-0.4, -0.2) is 12.1 Å². The van der Waals surface area contributed by atoms with Crippen LogP contribution in [0.15, 0.2) is 30.5 Å². The van der Waals surface area contributed by atoms with Crippen molar-refractivity contribution in [3.8, 4) is 17.0 Å². The Morgan fingerprint density at radius 1 is 1.20 bits per heavy atom. The second kappa shape index (κ2) is 5.63. The Labute approximate surface area is 130 Å². The molecule has 1 aromatic carbocycles. The molecule has 0 aliphatic heterocycles. The van der Waals surface area contributed by atoms with Crippen LogP contribution in [0.25, 0.3) is 11.3 Å². The molecule has 0 atom stereocenters. The maximum atomic E-state index is 14.2. The fourth-order valence-electron chi connectivity index (χ4n) is 1.98. The summed E-state index contributed by atoms with van der Waals surface area (Å²) < 4.78 is 32.4. The third-order valence-electron chi connectivity index (χ3n) is 2.92. The van der Waals surface area contributed by atoms with Crippen molar-refractivity contribution >= 4 is 22.6 Å². The van der Waals surface area contributed by atoms with Gasteiger partial charge in [-0.1, -0.05) is 22.6 Å². The number of hydrogen-bond acceptors (Lipinski definition) is 2. The van der Waals surface area contributed by atoms with Gasteiger partial charge in [-0.25, -0.2) is 8.78 Å². The standard InChI is InChI=1S/C15H14F2INO/c1-15(2,18)11-6-9(16)7-12(17)14(11)13-8-10(20-3)4-5-19-13/h4-8H,1-3H3. The molecule has 0 spiro atoms. The summed E-state index contributed by atoms with van der Waals surface area (Å²) in [5, 5.41) is 0. The zero-order valence-electron chi connectivity index (χ0n) is 11.4. The zero-order valence-corrected chi connectivity index (χ0v) is 13.5. The van der Waals surface area contributed by atoms with E-state index < -0.39 is 15.1 Å². The SMILES string of the molecule is COc1ccnc(-c2c(F)cc(F)cc2C(C)(C)I)c1. The number of pyridine rings is 1. The monoisotopic (exact) mass is 389 g/mol. The molecule has 0 aliphatic rings. The lowest BCUT2D eigenvalue weighted by Crippen LogP contribution is -2.11. The van der Waals surface area contributed by atoms with E-state index in [1.54, 1.807) is 18.3 Å². The van der Waals surface area contributed by atoms with Crippen molar-refractivity contribution in [3.05, 3.63) is 47.7 Å². The first-order valence-corrected chi connectivity index (χ1v) is 7.09. The first-order chi connectivity index (χ1) is 9.32. The van der Waals surface area contributed by atoms with Crippen LogP contribution in [0.5, 0.6) is 5.75 Å². The Morgan fingerprint density at radius 3 is 2.50 bits per heavy atom. The van der Waals surface area contributed by atoms with E-state index in [-0.39, 0.29) is 0 Å². The highest BCUT2D eigenvalue weighted by molar-refractivity contribution is 14.1. The van der Waals surface area contributed by atoms with Crippen molar-refractivity contribution < 1.29 is 13.5 Å². The third kappa shape index (κ3) is 3.08. The summed E-state index contributed by atoms with van der Waals surface area (Å²) in [4.78, 5) is 4.18. The van der Waals surface area contributed by atoms with Gasteiger partial charge in [0.2, 0.25) is 0 Å². The van der Waals surface area contributed by atoms with Crippen LogP contribution in [-0.2, 0) is 3.42 Å². The Balaban J connectivity index is 2.72. The van der Waals surface area contributed by atoms with E-state index in [4.69, 9.17) is 4.74 Å². The molecule has 106 valence electrons. The van der Waals surface area contributed by atoms with Crippen LogP contribution in [0.1, 0.15) is 19.4 Å². The van der Waals surface area contributed by atoms with Gasteiger partial charge in [0.25, 0.3) is 0 Å². The van der Waals surface area contributed by atoms with Gasteiger partial charge in [0.15, 0.2) is 0 Å². The summed E-state index contributed by atoms with van der Waals surface area (Å²) in [6.07, 6.45) is 1.54. The molecular weight excluding hydrogens is 375 g/mol. The lowest BCUT2D eigenvalue weighted by molar-refractivity contribution is 0.414. The van der Waals surface area contributed by atoms with Gasteiger partial charge in [-0.05, 0) is 31.5 Å². The second-order valence-corrected chi connectivity index (χ2v) is 7.56. The van der Waals surface area contributed by atoms with Crippen LogP contribution < -0.4 is 4.74 Å². The molecule has 2 rings (SSSR count). The van der Waals surface area contributed by atoms with E-state index in [0.29, 0.717) is 22.6 Å². The average Bonchev–Trinajstić information content (AvgIpc) is 2.37. The topological polar surface area (TPSA) is 22.1 Å². The molecule has 2 nitrogen and oxygen atoms in total. The fourth-order valence-corrected chi connectivity index (χ4v) is 2.40. The maximum Gasteiger partial charge on any atom is 0.135 e. The number of halogens is 3. The second-order valence-electron chi connectivity index (χ2n) is 4.86. The number of ether oxygens (including phenoxy) is 1. The minimum Gasteiger partial charge on any atom is -0.497 e. The van der Waals surface area contributed by atoms with Gasteiger partial charge < -0.3 is 4.74 Å². The minimum absolute atomic E-state index is 0.310. The Bertz CT molecular complexity index is 638. The lowest BCUT2D eigenvalue weighted by atomic mass is 9.94. The van der Waals surface area contributed by atoms with Gasteiger partial charge in [-0.3, -0.25) is 4.98 Å². The van der Waals surface area contributed by atoms with Crippen molar-refractivity contribution in [3.63, 3.8) is 0 Å². The first kappa shape index (κ1) is 15.2. The number of methoxy groups -OCH3 is 1. The molecule has 0 bridgehead atoms. The molecule has 0 unspecified atom stereocenters. The minimum atomic E-state index is -0.620. The van der Waals surface area contributed by atoms with Crippen LogP contribution in [0, 0.1) is 11.6 Å². The summed E-state index contributed by atoms with van der Waals surface area (Å²) in [5.41, 5.74) is 1.31.